The summed E-state index contributed by atoms with van der Waals surface area (Å²) in [5.74, 6) is 0.311. The average molecular weight is 341 g/mol. The topological polar surface area (TPSA) is 65.8 Å². The Bertz CT molecular complexity index is 677. The number of hydrogen-bond donors (Lipinski definition) is 1. The van der Waals surface area contributed by atoms with Crippen LogP contribution >= 0.6 is 0 Å². The zero-order chi connectivity index (χ0) is 17.5. The van der Waals surface area contributed by atoms with Gasteiger partial charge in [0, 0.05) is 32.7 Å². The molecule has 0 saturated carbocycles. The van der Waals surface area contributed by atoms with Crippen molar-refractivity contribution in [3.05, 3.63) is 60.1 Å². The Balaban J connectivity index is 1.35. The van der Waals surface area contributed by atoms with Gasteiger partial charge in [0.05, 0.1) is 12.8 Å². The number of nitrogens with one attached hydrogen (secondary N) is 1. The molecule has 2 aromatic rings. The third kappa shape index (κ3) is 4.93. The molecule has 2 amide bonds. The fourth-order valence-electron chi connectivity index (χ4n) is 2.92. The van der Waals surface area contributed by atoms with Gasteiger partial charge in [-0.05, 0) is 24.1 Å². The summed E-state index contributed by atoms with van der Waals surface area (Å²) in [6.07, 6.45) is 2.33. The zero-order valence-corrected chi connectivity index (χ0v) is 14.2. The van der Waals surface area contributed by atoms with E-state index in [1.165, 1.54) is 11.8 Å². The molecule has 1 aromatic carbocycles. The molecule has 2 heterocycles. The molecule has 6 heteroatoms. The zero-order valence-electron chi connectivity index (χ0n) is 14.2. The number of furan rings is 1. The lowest BCUT2D eigenvalue weighted by atomic mass is 10.1. The summed E-state index contributed by atoms with van der Waals surface area (Å²) in [4.78, 5) is 28.1. The standard InChI is InChI=1S/C19H23N3O3/c23-18(20-9-8-16-5-2-1-3-6-16)15-21-10-12-22(13-11-21)19(24)17-7-4-14-25-17/h1-7,14H,8-13,15H2,(H,20,23). The first-order valence-electron chi connectivity index (χ1n) is 8.58. The van der Waals surface area contributed by atoms with E-state index in [1.54, 1.807) is 17.0 Å². The van der Waals surface area contributed by atoms with Crippen LogP contribution in [0, 0.1) is 0 Å². The van der Waals surface area contributed by atoms with Crippen molar-refractivity contribution in [2.24, 2.45) is 0 Å². The first-order valence-corrected chi connectivity index (χ1v) is 8.58. The summed E-state index contributed by atoms with van der Waals surface area (Å²) >= 11 is 0. The van der Waals surface area contributed by atoms with E-state index >= 15 is 0 Å². The summed E-state index contributed by atoms with van der Waals surface area (Å²) in [6, 6.07) is 13.5. The second-order valence-electron chi connectivity index (χ2n) is 6.13. The number of amides is 2. The van der Waals surface area contributed by atoms with Crippen LogP contribution in [0.3, 0.4) is 0 Å². The number of carbonyl (C=O) groups is 2. The van der Waals surface area contributed by atoms with E-state index in [9.17, 15) is 9.59 Å². The van der Waals surface area contributed by atoms with Crippen LogP contribution in [-0.4, -0.2) is 60.9 Å². The Morgan fingerprint density at radius 3 is 2.44 bits per heavy atom. The first kappa shape index (κ1) is 17.2. The Kier molecular flexibility index (Phi) is 5.85. The summed E-state index contributed by atoms with van der Waals surface area (Å²) in [5, 5.41) is 2.96. The van der Waals surface area contributed by atoms with Crippen LogP contribution in [0.2, 0.25) is 0 Å². The average Bonchev–Trinajstić information content (AvgIpc) is 3.17. The lowest BCUT2D eigenvalue weighted by Gasteiger charge is -2.33. The molecular formula is C19H23N3O3. The van der Waals surface area contributed by atoms with E-state index in [0.29, 0.717) is 45.0 Å². The van der Waals surface area contributed by atoms with Gasteiger partial charge in [0.15, 0.2) is 5.76 Å². The van der Waals surface area contributed by atoms with Gasteiger partial charge in [-0.25, -0.2) is 0 Å². The van der Waals surface area contributed by atoms with Crippen LogP contribution in [0.15, 0.2) is 53.1 Å². The van der Waals surface area contributed by atoms with Crippen molar-refractivity contribution in [2.45, 2.75) is 6.42 Å². The minimum Gasteiger partial charge on any atom is -0.459 e. The molecule has 6 nitrogen and oxygen atoms in total. The van der Waals surface area contributed by atoms with Gasteiger partial charge >= 0.3 is 0 Å². The molecule has 1 aliphatic heterocycles. The number of nitrogens with zero attached hydrogens (tertiary/aromatic N) is 2. The van der Waals surface area contributed by atoms with Gasteiger partial charge in [0.1, 0.15) is 0 Å². The maximum absolute atomic E-state index is 12.2. The van der Waals surface area contributed by atoms with Gasteiger partial charge in [0.2, 0.25) is 5.91 Å². The minimum atomic E-state index is -0.0861. The summed E-state index contributed by atoms with van der Waals surface area (Å²) in [5.41, 5.74) is 1.22. The van der Waals surface area contributed by atoms with E-state index in [0.717, 1.165) is 6.42 Å². The lowest BCUT2D eigenvalue weighted by Crippen LogP contribution is -2.51. The molecule has 1 saturated heterocycles. The highest BCUT2D eigenvalue weighted by Crippen LogP contribution is 2.09. The Hall–Kier alpha value is -2.60. The van der Waals surface area contributed by atoms with E-state index in [4.69, 9.17) is 4.42 Å². The van der Waals surface area contributed by atoms with Crippen LogP contribution < -0.4 is 5.32 Å². The van der Waals surface area contributed by atoms with Crippen LogP contribution in [0.5, 0.6) is 0 Å². The highest BCUT2D eigenvalue weighted by atomic mass is 16.3. The van der Waals surface area contributed by atoms with Crippen molar-refractivity contribution in [1.29, 1.82) is 0 Å². The number of hydrogen-bond acceptors (Lipinski definition) is 4. The van der Waals surface area contributed by atoms with Gasteiger partial charge in [-0.3, -0.25) is 14.5 Å². The predicted octanol–water partition coefficient (Wildman–Crippen LogP) is 1.40. The van der Waals surface area contributed by atoms with Gasteiger partial charge in [0.25, 0.3) is 5.91 Å². The molecule has 1 N–H and O–H groups in total. The van der Waals surface area contributed by atoms with Crippen LogP contribution in [0.25, 0.3) is 0 Å². The van der Waals surface area contributed by atoms with Crippen molar-refractivity contribution >= 4 is 11.8 Å². The molecule has 132 valence electrons. The van der Waals surface area contributed by atoms with Crippen LogP contribution in [-0.2, 0) is 11.2 Å². The van der Waals surface area contributed by atoms with Gasteiger partial charge in [-0.2, -0.15) is 0 Å². The SMILES string of the molecule is O=C(CN1CCN(C(=O)c2ccco2)CC1)NCCc1ccccc1. The van der Waals surface area contributed by atoms with Crippen LogP contribution in [0.1, 0.15) is 16.1 Å². The Morgan fingerprint density at radius 2 is 1.76 bits per heavy atom. The van der Waals surface area contributed by atoms with Crippen molar-refractivity contribution in [2.75, 3.05) is 39.3 Å². The molecule has 0 unspecified atom stereocenters. The predicted molar refractivity (Wildman–Crippen MR) is 94.2 cm³/mol. The normalized spacial score (nSPS) is 15.1. The number of rotatable bonds is 6. The van der Waals surface area contributed by atoms with Crippen molar-refractivity contribution in [3.8, 4) is 0 Å². The van der Waals surface area contributed by atoms with Gasteiger partial charge in [-0.1, -0.05) is 30.3 Å². The molecule has 0 spiro atoms. The number of piperazine rings is 1. The summed E-state index contributed by atoms with van der Waals surface area (Å²) in [7, 11) is 0. The summed E-state index contributed by atoms with van der Waals surface area (Å²) < 4.78 is 5.15. The maximum atomic E-state index is 12.2. The fraction of sp³-hybridized carbons (Fsp3) is 0.368. The molecular weight excluding hydrogens is 318 g/mol. The first-order chi connectivity index (χ1) is 12.2. The van der Waals surface area contributed by atoms with Crippen molar-refractivity contribution < 1.29 is 14.0 Å². The van der Waals surface area contributed by atoms with E-state index in [1.807, 2.05) is 18.2 Å². The monoisotopic (exact) mass is 341 g/mol. The maximum Gasteiger partial charge on any atom is 0.289 e. The minimum absolute atomic E-state index is 0.0294. The largest absolute Gasteiger partial charge is 0.459 e. The molecule has 0 aliphatic carbocycles. The molecule has 0 atom stereocenters. The molecule has 1 aromatic heterocycles. The molecule has 0 bridgehead atoms. The van der Waals surface area contributed by atoms with Crippen molar-refractivity contribution in [1.82, 2.24) is 15.1 Å². The van der Waals surface area contributed by atoms with Crippen LogP contribution in [0.4, 0.5) is 0 Å². The third-order valence-electron chi connectivity index (χ3n) is 4.34. The van der Waals surface area contributed by atoms with E-state index < -0.39 is 0 Å². The van der Waals surface area contributed by atoms with E-state index in [2.05, 4.69) is 22.3 Å². The quantitative estimate of drug-likeness (QED) is 0.862. The highest BCUT2D eigenvalue weighted by molar-refractivity contribution is 5.91. The highest BCUT2D eigenvalue weighted by Gasteiger charge is 2.24. The Morgan fingerprint density at radius 1 is 1.00 bits per heavy atom. The third-order valence-corrected chi connectivity index (χ3v) is 4.34. The van der Waals surface area contributed by atoms with E-state index in [-0.39, 0.29) is 11.8 Å². The fourth-order valence-corrected chi connectivity index (χ4v) is 2.92. The van der Waals surface area contributed by atoms with Gasteiger partial charge < -0.3 is 14.6 Å². The number of carbonyl (C=O) groups excluding carboxylic acids is 2. The second-order valence-corrected chi connectivity index (χ2v) is 6.13. The van der Waals surface area contributed by atoms with Gasteiger partial charge in [-0.15, -0.1) is 0 Å². The molecule has 25 heavy (non-hydrogen) atoms. The summed E-state index contributed by atoms with van der Waals surface area (Å²) in [6.45, 7) is 3.61. The Labute approximate surface area is 147 Å². The molecule has 3 rings (SSSR count). The molecule has 1 fully saturated rings. The number of benzene rings is 1. The smallest absolute Gasteiger partial charge is 0.289 e. The molecule has 0 radical (unpaired) electrons. The second kappa shape index (κ2) is 8.48. The molecule has 1 aliphatic rings. The lowest BCUT2D eigenvalue weighted by molar-refractivity contribution is -0.122. The van der Waals surface area contributed by atoms with Crippen molar-refractivity contribution in [3.63, 3.8) is 0 Å².